The van der Waals surface area contributed by atoms with E-state index in [4.69, 9.17) is 0 Å². The number of carbonyl (C=O) groups excluding carboxylic acids is 1. The molecule has 6 nitrogen and oxygen atoms in total. The third-order valence-electron chi connectivity index (χ3n) is 6.37. The monoisotopic (exact) mass is 495 g/mol. The number of sulfonamides is 1. The summed E-state index contributed by atoms with van der Waals surface area (Å²) in [7, 11) is -1.91. The Morgan fingerprint density at radius 1 is 1.03 bits per heavy atom. The molecule has 0 saturated carbocycles. The van der Waals surface area contributed by atoms with Crippen molar-refractivity contribution >= 4 is 38.5 Å². The lowest BCUT2D eigenvalue weighted by atomic mass is 9.84. The van der Waals surface area contributed by atoms with E-state index in [1.165, 1.54) is 10.5 Å². The van der Waals surface area contributed by atoms with Crippen LogP contribution in [0.4, 0.5) is 5.69 Å². The number of allylic oxidation sites excluding steroid dienone is 3. The fourth-order valence-electron chi connectivity index (χ4n) is 4.38. The molecular formula is C26H29N3O3S2. The topological polar surface area (TPSA) is 70.0 Å². The smallest absolute Gasteiger partial charge is 0.284 e. The van der Waals surface area contributed by atoms with Crippen LogP contribution >= 0.6 is 11.8 Å². The van der Waals surface area contributed by atoms with Crippen molar-refractivity contribution in [2.45, 2.75) is 44.4 Å². The van der Waals surface area contributed by atoms with E-state index in [2.05, 4.69) is 35.3 Å². The lowest BCUT2D eigenvalue weighted by Gasteiger charge is -2.23. The van der Waals surface area contributed by atoms with E-state index >= 15 is 0 Å². The molecule has 2 heterocycles. The van der Waals surface area contributed by atoms with E-state index in [0.717, 1.165) is 35.1 Å². The quantitative estimate of drug-likeness (QED) is 0.541. The highest BCUT2D eigenvalue weighted by Gasteiger charge is 2.38. The van der Waals surface area contributed by atoms with Gasteiger partial charge in [-0.15, -0.1) is 4.40 Å². The van der Waals surface area contributed by atoms with E-state index in [-0.39, 0.29) is 21.4 Å². The highest BCUT2D eigenvalue weighted by Crippen LogP contribution is 2.46. The number of benzene rings is 2. The molecular weight excluding hydrogens is 466 g/mol. The standard InChI is InChI=1S/C26H29N3O3S2/c1-6-18-12-14-19(15-13-18)34(31,32)27-25-29(7-2)24(30)22(33-25)16-17-23-26(3,4)20-10-8-9-11-21(20)28(23)5/h8-17H,6-7H2,1-5H3. The van der Waals surface area contributed by atoms with Crippen LogP contribution in [0, 0.1) is 0 Å². The maximum absolute atomic E-state index is 13.0. The number of hydrogen-bond donors (Lipinski definition) is 0. The number of fused-ring (bicyclic) bond motifs is 1. The number of likely N-dealkylation sites (N-methyl/N-ethyl adjacent to an activating group) is 2. The first-order valence-electron chi connectivity index (χ1n) is 11.3. The van der Waals surface area contributed by atoms with Crippen LogP contribution < -0.4 is 4.90 Å². The summed E-state index contributed by atoms with van der Waals surface area (Å²) in [6.07, 6.45) is 4.55. The van der Waals surface area contributed by atoms with Gasteiger partial charge in [-0.2, -0.15) is 8.42 Å². The number of nitrogens with zero attached hydrogens (tertiary/aromatic N) is 3. The summed E-state index contributed by atoms with van der Waals surface area (Å²) >= 11 is 1.09. The number of hydrogen-bond acceptors (Lipinski definition) is 5. The van der Waals surface area contributed by atoms with Crippen molar-refractivity contribution in [2.24, 2.45) is 4.40 Å². The van der Waals surface area contributed by atoms with E-state index in [9.17, 15) is 13.2 Å². The van der Waals surface area contributed by atoms with Crippen LogP contribution in [0.1, 0.15) is 38.8 Å². The molecule has 34 heavy (non-hydrogen) atoms. The zero-order valence-electron chi connectivity index (χ0n) is 20.1. The van der Waals surface area contributed by atoms with Crippen LogP contribution in [0.2, 0.25) is 0 Å². The van der Waals surface area contributed by atoms with Gasteiger partial charge in [0.05, 0.1) is 9.80 Å². The molecule has 1 fully saturated rings. The predicted molar refractivity (Wildman–Crippen MR) is 139 cm³/mol. The summed E-state index contributed by atoms with van der Waals surface area (Å²) in [6.45, 7) is 8.47. The van der Waals surface area contributed by atoms with E-state index in [0.29, 0.717) is 11.4 Å². The van der Waals surface area contributed by atoms with Gasteiger partial charge in [0.25, 0.3) is 15.9 Å². The molecule has 2 aliphatic heterocycles. The van der Waals surface area contributed by atoms with Crippen LogP contribution in [0.15, 0.2) is 80.6 Å². The minimum absolute atomic E-state index is 0.118. The van der Waals surface area contributed by atoms with Crippen LogP contribution in [0.25, 0.3) is 0 Å². The van der Waals surface area contributed by atoms with Crippen molar-refractivity contribution < 1.29 is 13.2 Å². The third-order valence-corrected chi connectivity index (χ3v) is 8.79. The Hall–Kier alpha value is -2.84. The average Bonchev–Trinajstić information content (AvgIpc) is 3.21. The van der Waals surface area contributed by atoms with Crippen molar-refractivity contribution in [3.05, 3.63) is 82.4 Å². The summed E-state index contributed by atoms with van der Waals surface area (Å²) in [5.41, 5.74) is 4.26. The molecule has 0 aliphatic carbocycles. The SMILES string of the molecule is CCc1ccc(S(=O)(=O)N=C2SC(=CC=C3N(C)c4ccccc4C3(C)C)C(=O)N2CC)cc1. The second kappa shape index (κ2) is 9.07. The summed E-state index contributed by atoms with van der Waals surface area (Å²) in [5, 5.41) is 0.180. The number of amides is 1. The van der Waals surface area contributed by atoms with E-state index in [1.54, 1.807) is 30.3 Å². The molecule has 0 atom stereocenters. The highest BCUT2D eigenvalue weighted by atomic mass is 32.2. The Morgan fingerprint density at radius 3 is 2.32 bits per heavy atom. The second-order valence-corrected chi connectivity index (χ2v) is 11.4. The summed E-state index contributed by atoms with van der Waals surface area (Å²) in [6, 6.07) is 14.9. The fraction of sp³-hybridized carbons (Fsp3) is 0.308. The molecule has 1 amide bonds. The second-order valence-electron chi connectivity index (χ2n) is 8.78. The Balaban J connectivity index is 1.66. The number of rotatable bonds is 5. The number of amidine groups is 1. The highest BCUT2D eigenvalue weighted by molar-refractivity contribution is 8.19. The van der Waals surface area contributed by atoms with Crippen LogP contribution in [0.5, 0.6) is 0 Å². The number of carbonyl (C=O) groups is 1. The Kier molecular flexibility index (Phi) is 6.48. The zero-order chi connectivity index (χ0) is 24.7. The van der Waals surface area contributed by atoms with Crippen molar-refractivity contribution in [2.75, 3.05) is 18.5 Å². The molecule has 0 bridgehead atoms. The van der Waals surface area contributed by atoms with Crippen LogP contribution in [-0.4, -0.2) is 38.0 Å². The van der Waals surface area contributed by atoms with Crippen LogP contribution in [-0.2, 0) is 26.7 Å². The van der Waals surface area contributed by atoms with Crippen molar-refractivity contribution in [3.8, 4) is 0 Å². The molecule has 0 unspecified atom stereocenters. The van der Waals surface area contributed by atoms with Gasteiger partial charge in [0.2, 0.25) is 0 Å². The molecule has 178 valence electrons. The van der Waals surface area contributed by atoms with Gasteiger partial charge in [-0.1, -0.05) is 51.1 Å². The van der Waals surface area contributed by atoms with Gasteiger partial charge in [0, 0.05) is 30.4 Å². The first kappa shape index (κ1) is 24.3. The molecule has 0 radical (unpaired) electrons. The fourth-order valence-corrected chi connectivity index (χ4v) is 6.56. The average molecular weight is 496 g/mol. The van der Waals surface area contributed by atoms with Gasteiger partial charge >= 0.3 is 0 Å². The van der Waals surface area contributed by atoms with Gasteiger partial charge in [0.1, 0.15) is 0 Å². The van der Waals surface area contributed by atoms with Crippen molar-refractivity contribution in [3.63, 3.8) is 0 Å². The van der Waals surface area contributed by atoms with E-state index in [1.807, 2.05) is 39.1 Å². The molecule has 8 heteroatoms. The maximum atomic E-state index is 13.0. The maximum Gasteiger partial charge on any atom is 0.284 e. The van der Waals surface area contributed by atoms with Gasteiger partial charge < -0.3 is 4.90 Å². The number of anilines is 1. The first-order chi connectivity index (χ1) is 16.1. The largest absolute Gasteiger partial charge is 0.347 e. The summed E-state index contributed by atoms with van der Waals surface area (Å²) in [5.74, 6) is -0.240. The third kappa shape index (κ3) is 4.20. The van der Waals surface area contributed by atoms with Gasteiger partial charge in [-0.25, -0.2) is 0 Å². The molecule has 2 aromatic carbocycles. The van der Waals surface area contributed by atoms with Crippen molar-refractivity contribution in [1.29, 1.82) is 0 Å². The normalized spacial score (nSPS) is 21.2. The van der Waals surface area contributed by atoms with E-state index < -0.39 is 10.0 Å². The molecule has 2 aliphatic rings. The predicted octanol–water partition coefficient (Wildman–Crippen LogP) is 5.08. The van der Waals surface area contributed by atoms with Gasteiger partial charge in [-0.3, -0.25) is 9.69 Å². The van der Waals surface area contributed by atoms with Gasteiger partial charge in [-0.05, 0) is 66.6 Å². The number of para-hydroxylation sites is 1. The molecule has 4 rings (SSSR count). The Labute approximate surface area is 206 Å². The molecule has 0 spiro atoms. The molecule has 0 N–H and O–H groups in total. The minimum Gasteiger partial charge on any atom is -0.347 e. The number of thioether (sulfide) groups is 1. The molecule has 2 aromatic rings. The van der Waals surface area contributed by atoms with Gasteiger partial charge in [0.15, 0.2) is 5.17 Å². The number of aryl methyl sites for hydroxylation is 1. The first-order valence-corrected chi connectivity index (χ1v) is 13.5. The summed E-state index contributed by atoms with van der Waals surface area (Å²) < 4.78 is 29.8. The lowest BCUT2D eigenvalue weighted by molar-refractivity contribution is -0.122. The summed E-state index contributed by atoms with van der Waals surface area (Å²) in [4.78, 5) is 17.1. The minimum atomic E-state index is -3.93. The van der Waals surface area contributed by atoms with Crippen LogP contribution in [0.3, 0.4) is 0 Å². The van der Waals surface area contributed by atoms with Crippen molar-refractivity contribution in [1.82, 2.24) is 4.90 Å². The lowest BCUT2D eigenvalue weighted by Crippen LogP contribution is -2.29. The Morgan fingerprint density at radius 2 is 1.71 bits per heavy atom. The molecule has 0 aromatic heterocycles. The Bertz CT molecular complexity index is 1320. The molecule has 1 saturated heterocycles. The zero-order valence-corrected chi connectivity index (χ0v) is 21.7.